The van der Waals surface area contributed by atoms with Crippen molar-refractivity contribution >= 4 is 28.9 Å². The number of fused-ring (bicyclic) bond motifs is 2. The van der Waals surface area contributed by atoms with E-state index in [9.17, 15) is 4.79 Å². The number of rotatable bonds is 3. The highest BCUT2D eigenvalue weighted by atomic mass is 32.2. The zero-order valence-electron chi connectivity index (χ0n) is 14.1. The molecule has 134 valence electrons. The fraction of sp³-hybridized carbons (Fsp3) is 0.389. The van der Waals surface area contributed by atoms with Crippen molar-refractivity contribution in [1.82, 2.24) is 14.8 Å². The molecule has 1 saturated heterocycles. The summed E-state index contributed by atoms with van der Waals surface area (Å²) in [5.74, 6) is 1.91. The monoisotopic (exact) mass is 370 g/mol. The van der Waals surface area contributed by atoms with E-state index < -0.39 is 0 Å². The van der Waals surface area contributed by atoms with E-state index in [1.807, 2.05) is 36.0 Å². The average Bonchev–Trinajstić information content (AvgIpc) is 3.27. The Kier molecular flexibility index (Phi) is 3.94. The Morgan fingerprint density at radius 3 is 3.12 bits per heavy atom. The standard InChI is InChI=1S/C18H18N4O3S/c23-17-7-11-10-26-6-5-12(11)21-22(17)15-9-24-8-14(15)20-18-19-13-3-1-2-4-16(13)25-18/h1-4,7,14-15H,5-6,8-10H2,(H,19,20). The van der Waals surface area contributed by atoms with Crippen LogP contribution in [0.5, 0.6) is 0 Å². The van der Waals surface area contributed by atoms with E-state index in [0.29, 0.717) is 19.2 Å². The van der Waals surface area contributed by atoms with Gasteiger partial charge in [0.05, 0.1) is 24.9 Å². The van der Waals surface area contributed by atoms with Gasteiger partial charge in [-0.1, -0.05) is 12.1 Å². The Morgan fingerprint density at radius 2 is 2.19 bits per heavy atom. The van der Waals surface area contributed by atoms with Gasteiger partial charge in [0.25, 0.3) is 11.6 Å². The Bertz CT molecular complexity index is 982. The van der Waals surface area contributed by atoms with Crippen LogP contribution >= 0.6 is 11.8 Å². The van der Waals surface area contributed by atoms with Crippen LogP contribution in [0.25, 0.3) is 11.1 Å². The highest BCUT2D eigenvalue weighted by Crippen LogP contribution is 2.26. The summed E-state index contributed by atoms with van der Waals surface area (Å²) < 4.78 is 13.0. The van der Waals surface area contributed by atoms with Crippen molar-refractivity contribution in [3.05, 3.63) is 51.9 Å². The van der Waals surface area contributed by atoms with E-state index in [-0.39, 0.29) is 17.6 Å². The Labute approximate surface area is 153 Å². The molecule has 0 bridgehead atoms. The molecule has 0 radical (unpaired) electrons. The summed E-state index contributed by atoms with van der Waals surface area (Å²) in [6, 6.07) is 9.47. The van der Waals surface area contributed by atoms with E-state index in [2.05, 4.69) is 15.4 Å². The summed E-state index contributed by atoms with van der Waals surface area (Å²) in [5, 5.41) is 7.93. The van der Waals surface area contributed by atoms with Crippen molar-refractivity contribution in [3.63, 3.8) is 0 Å². The van der Waals surface area contributed by atoms with Gasteiger partial charge in [-0.15, -0.1) is 0 Å². The molecule has 3 aromatic rings. The maximum absolute atomic E-state index is 12.6. The second-order valence-electron chi connectivity index (χ2n) is 6.54. The van der Waals surface area contributed by atoms with Gasteiger partial charge in [0.2, 0.25) is 0 Å². The minimum absolute atomic E-state index is 0.0777. The van der Waals surface area contributed by atoms with Gasteiger partial charge < -0.3 is 14.5 Å². The van der Waals surface area contributed by atoms with E-state index in [0.717, 1.165) is 40.3 Å². The molecule has 7 nitrogen and oxygen atoms in total. The van der Waals surface area contributed by atoms with Gasteiger partial charge in [-0.05, 0) is 23.4 Å². The molecule has 0 spiro atoms. The maximum Gasteiger partial charge on any atom is 0.296 e. The lowest BCUT2D eigenvalue weighted by Gasteiger charge is -2.22. The first-order chi connectivity index (χ1) is 12.8. The largest absolute Gasteiger partial charge is 0.424 e. The molecule has 2 unspecified atom stereocenters. The number of ether oxygens (including phenoxy) is 1. The van der Waals surface area contributed by atoms with Crippen molar-refractivity contribution in [2.24, 2.45) is 0 Å². The van der Waals surface area contributed by atoms with E-state index in [4.69, 9.17) is 9.15 Å². The number of nitrogens with one attached hydrogen (secondary N) is 1. The van der Waals surface area contributed by atoms with Crippen LogP contribution < -0.4 is 10.9 Å². The van der Waals surface area contributed by atoms with Crippen LogP contribution in [0.3, 0.4) is 0 Å². The van der Waals surface area contributed by atoms with Gasteiger partial charge in [-0.2, -0.15) is 21.8 Å². The zero-order chi connectivity index (χ0) is 17.5. The molecule has 0 saturated carbocycles. The van der Waals surface area contributed by atoms with Crippen LogP contribution in [0.4, 0.5) is 6.01 Å². The first kappa shape index (κ1) is 15.9. The van der Waals surface area contributed by atoms with Gasteiger partial charge in [0.1, 0.15) is 11.6 Å². The number of aromatic nitrogens is 3. The summed E-state index contributed by atoms with van der Waals surface area (Å²) in [4.78, 5) is 17.0. The van der Waals surface area contributed by atoms with Crippen molar-refractivity contribution < 1.29 is 9.15 Å². The molecule has 1 fully saturated rings. The van der Waals surface area contributed by atoms with Gasteiger partial charge in [0.15, 0.2) is 5.58 Å². The van der Waals surface area contributed by atoms with Crippen LogP contribution in [-0.2, 0) is 16.9 Å². The SMILES string of the molecule is O=c1cc2c(nn1C1COCC1Nc1nc3ccccc3o1)CCSC2. The molecule has 1 N–H and O–H groups in total. The predicted octanol–water partition coefficient (Wildman–Crippen LogP) is 2.23. The number of para-hydroxylation sites is 2. The molecule has 0 amide bonds. The summed E-state index contributed by atoms with van der Waals surface area (Å²) in [7, 11) is 0. The Hall–Kier alpha value is -2.32. The lowest BCUT2D eigenvalue weighted by atomic mass is 10.1. The molecule has 5 rings (SSSR count). The minimum Gasteiger partial charge on any atom is -0.424 e. The topological polar surface area (TPSA) is 82.2 Å². The molecule has 2 aliphatic heterocycles. The predicted molar refractivity (Wildman–Crippen MR) is 99.6 cm³/mol. The van der Waals surface area contributed by atoms with E-state index in [1.165, 1.54) is 0 Å². The molecule has 2 atom stereocenters. The number of benzene rings is 1. The van der Waals surface area contributed by atoms with Gasteiger partial charge in [-0.25, -0.2) is 4.68 Å². The fourth-order valence-corrected chi connectivity index (χ4v) is 4.43. The summed E-state index contributed by atoms with van der Waals surface area (Å²) in [6.45, 7) is 0.919. The third-order valence-corrected chi connectivity index (χ3v) is 5.84. The number of aryl methyl sites for hydroxylation is 1. The highest BCUT2D eigenvalue weighted by Gasteiger charge is 2.33. The second-order valence-corrected chi connectivity index (χ2v) is 7.65. The average molecular weight is 370 g/mol. The number of hydrogen-bond acceptors (Lipinski definition) is 7. The first-order valence-electron chi connectivity index (χ1n) is 8.67. The number of thioether (sulfide) groups is 1. The number of anilines is 1. The van der Waals surface area contributed by atoms with Crippen LogP contribution in [-0.4, -0.2) is 39.8 Å². The molecule has 4 heterocycles. The Balaban J connectivity index is 1.44. The molecular weight excluding hydrogens is 352 g/mol. The zero-order valence-corrected chi connectivity index (χ0v) is 14.9. The lowest BCUT2D eigenvalue weighted by Crippen LogP contribution is -2.38. The summed E-state index contributed by atoms with van der Waals surface area (Å²) in [5.41, 5.74) is 3.53. The van der Waals surface area contributed by atoms with Crippen LogP contribution in [0.1, 0.15) is 17.3 Å². The highest BCUT2D eigenvalue weighted by molar-refractivity contribution is 7.98. The van der Waals surface area contributed by atoms with Crippen molar-refractivity contribution in [2.75, 3.05) is 24.3 Å². The maximum atomic E-state index is 12.6. The molecule has 2 aromatic heterocycles. The van der Waals surface area contributed by atoms with Gasteiger partial charge in [-0.3, -0.25) is 4.79 Å². The molecule has 2 aliphatic rings. The third-order valence-electron chi connectivity index (χ3n) is 4.83. The normalized spacial score (nSPS) is 22.5. The number of oxazole rings is 1. The van der Waals surface area contributed by atoms with Crippen molar-refractivity contribution in [2.45, 2.75) is 24.3 Å². The minimum atomic E-state index is -0.183. The number of hydrogen-bond donors (Lipinski definition) is 1. The Morgan fingerprint density at radius 1 is 1.27 bits per heavy atom. The first-order valence-corrected chi connectivity index (χ1v) is 9.82. The van der Waals surface area contributed by atoms with Crippen LogP contribution in [0.15, 0.2) is 39.5 Å². The molecule has 0 aliphatic carbocycles. The van der Waals surface area contributed by atoms with E-state index in [1.54, 1.807) is 10.7 Å². The summed E-state index contributed by atoms with van der Waals surface area (Å²) >= 11 is 1.84. The summed E-state index contributed by atoms with van der Waals surface area (Å²) in [6.07, 6.45) is 0.900. The van der Waals surface area contributed by atoms with Gasteiger partial charge in [0, 0.05) is 18.2 Å². The van der Waals surface area contributed by atoms with Crippen LogP contribution in [0, 0.1) is 0 Å². The van der Waals surface area contributed by atoms with Crippen molar-refractivity contribution in [1.29, 1.82) is 0 Å². The third kappa shape index (κ3) is 2.79. The van der Waals surface area contributed by atoms with E-state index >= 15 is 0 Å². The quantitative estimate of drug-likeness (QED) is 0.757. The second kappa shape index (κ2) is 6.44. The molecular formula is C18H18N4O3S. The molecule has 26 heavy (non-hydrogen) atoms. The lowest BCUT2D eigenvalue weighted by molar-refractivity contribution is 0.182. The van der Waals surface area contributed by atoms with Crippen molar-refractivity contribution in [3.8, 4) is 0 Å². The van der Waals surface area contributed by atoms with Gasteiger partial charge >= 0.3 is 0 Å². The molecule has 1 aromatic carbocycles. The number of nitrogens with zero attached hydrogens (tertiary/aromatic N) is 3. The molecule has 8 heteroatoms. The fourth-order valence-electron chi connectivity index (χ4n) is 3.48. The van der Waals surface area contributed by atoms with Crippen LogP contribution in [0.2, 0.25) is 0 Å². The smallest absolute Gasteiger partial charge is 0.296 e.